The molecule has 0 saturated heterocycles. The van der Waals surface area contributed by atoms with Gasteiger partial charge in [-0.2, -0.15) is 9.78 Å². The van der Waals surface area contributed by atoms with Crippen LogP contribution < -0.4 is 10.9 Å². The van der Waals surface area contributed by atoms with E-state index in [1.54, 1.807) is 48.5 Å². The van der Waals surface area contributed by atoms with Crippen LogP contribution in [0, 0.1) is 0 Å². The monoisotopic (exact) mass is 395 g/mol. The van der Waals surface area contributed by atoms with Crippen molar-refractivity contribution in [2.24, 2.45) is 0 Å². The van der Waals surface area contributed by atoms with Gasteiger partial charge in [0.1, 0.15) is 0 Å². The Kier molecular flexibility index (Phi) is 6.36. The summed E-state index contributed by atoms with van der Waals surface area (Å²) in [7, 11) is 1.52. The third-order valence-corrected chi connectivity index (χ3v) is 4.26. The summed E-state index contributed by atoms with van der Waals surface area (Å²) in [5.74, 6) is -1.24. The first-order valence-electron chi connectivity index (χ1n) is 9.08. The zero-order valence-corrected chi connectivity index (χ0v) is 16.1. The van der Waals surface area contributed by atoms with E-state index >= 15 is 0 Å². The number of amides is 1. The molecule has 0 saturated carbocycles. The molecule has 0 spiro atoms. The Bertz CT molecular complexity index is 1080. The Morgan fingerprint density at radius 1 is 1.07 bits per heavy atom. The first-order valence-corrected chi connectivity index (χ1v) is 9.08. The molecule has 3 aromatic rings. The molecule has 0 aliphatic carbocycles. The van der Waals surface area contributed by atoms with E-state index < -0.39 is 18.0 Å². The van der Waals surface area contributed by atoms with Gasteiger partial charge in [0.15, 0.2) is 11.8 Å². The maximum Gasteiger partial charge on any atom is 0.360 e. The number of hydrogen-bond acceptors (Lipinski definition) is 6. The molecule has 150 valence electrons. The summed E-state index contributed by atoms with van der Waals surface area (Å²) in [5, 5.41) is 7.54. The van der Waals surface area contributed by atoms with Crippen molar-refractivity contribution < 1.29 is 19.1 Å². The highest BCUT2D eigenvalue weighted by molar-refractivity contribution is 6.03. The average Bonchev–Trinajstić information content (AvgIpc) is 2.74. The molecule has 2 aromatic carbocycles. The maximum atomic E-state index is 12.9. The zero-order valence-electron chi connectivity index (χ0n) is 16.1. The Labute approximate surface area is 167 Å². The van der Waals surface area contributed by atoms with E-state index in [2.05, 4.69) is 10.4 Å². The van der Waals surface area contributed by atoms with Crippen LogP contribution in [0.25, 0.3) is 16.5 Å². The second kappa shape index (κ2) is 9.11. The molecule has 0 aliphatic rings. The maximum absolute atomic E-state index is 12.9. The average molecular weight is 395 g/mol. The molecular weight excluding hydrogens is 374 g/mol. The van der Waals surface area contributed by atoms with Crippen LogP contribution in [0.4, 0.5) is 0 Å². The fourth-order valence-corrected chi connectivity index (χ4v) is 2.77. The molecule has 29 heavy (non-hydrogen) atoms. The summed E-state index contributed by atoms with van der Waals surface area (Å²) in [4.78, 5) is 37.7. The lowest BCUT2D eigenvalue weighted by Gasteiger charge is -2.15. The summed E-state index contributed by atoms with van der Waals surface area (Å²) in [6, 6.07) is 15.4. The molecule has 0 aliphatic heterocycles. The molecular formula is C21H21N3O5. The summed E-state index contributed by atoms with van der Waals surface area (Å²) in [6.07, 6.45) is -1.03. The van der Waals surface area contributed by atoms with Crippen molar-refractivity contribution in [1.29, 1.82) is 0 Å². The smallest absolute Gasteiger partial charge is 0.360 e. The van der Waals surface area contributed by atoms with Crippen molar-refractivity contribution in [3.05, 3.63) is 70.6 Å². The van der Waals surface area contributed by atoms with Gasteiger partial charge in [-0.1, -0.05) is 36.4 Å². The van der Waals surface area contributed by atoms with Gasteiger partial charge in [-0.15, -0.1) is 0 Å². The second-order valence-electron chi connectivity index (χ2n) is 6.28. The molecule has 3 rings (SSSR count). The lowest BCUT2D eigenvalue weighted by Crippen LogP contribution is -2.37. The molecule has 0 fully saturated rings. The van der Waals surface area contributed by atoms with Gasteiger partial charge < -0.3 is 14.8 Å². The molecule has 1 N–H and O–H groups in total. The van der Waals surface area contributed by atoms with Crippen LogP contribution in [-0.2, 0) is 14.3 Å². The Balaban J connectivity index is 1.96. The summed E-state index contributed by atoms with van der Waals surface area (Å²) < 4.78 is 11.3. The van der Waals surface area contributed by atoms with E-state index in [1.165, 1.54) is 14.0 Å². The third kappa shape index (κ3) is 4.49. The lowest BCUT2D eigenvalue weighted by atomic mass is 10.1. The number of carbonyl (C=O) groups excluding carboxylic acids is 2. The number of benzene rings is 2. The minimum atomic E-state index is -1.03. The lowest BCUT2D eigenvalue weighted by molar-refractivity contribution is -0.129. The number of rotatable bonds is 7. The Hall–Kier alpha value is -3.52. The van der Waals surface area contributed by atoms with Crippen LogP contribution in [0.2, 0.25) is 0 Å². The molecule has 0 bridgehead atoms. The highest BCUT2D eigenvalue weighted by atomic mass is 16.5. The number of ether oxygens (including phenoxy) is 2. The third-order valence-electron chi connectivity index (χ3n) is 4.26. The van der Waals surface area contributed by atoms with Gasteiger partial charge in [0.25, 0.3) is 11.5 Å². The Morgan fingerprint density at radius 2 is 1.72 bits per heavy atom. The molecule has 0 radical (unpaired) electrons. The van der Waals surface area contributed by atoms with E-state index in [9.17, 15) is 14.4 Å². The van der Waals surface area contributed by atoms with Crippen LogP contribution in [0.5, 0.6) is 0 Å². The fourth-order valence-electron chi connectivity index (χ4n) is 2.77. The highest BCUT2D eigenvalue weighted by Crippen LogP contribution is 2.16. The van der Waals surface area contributed by atoms with Gasteiger partial charge in [0.2, 0.25) is 0 Å². The number of carbonyl (C=O) groups is 2. The van der Waals surface area contributed by atoms with Crippen molar-refractivity contribution in [3.8, 4) is 5.69 Å². The first-order chi connectivity index (χ1) is 14.0. The van der Waals surface area contributed by atoms with Gasteiger partial charge in [-0.05, 0) is 25.1 Å². The number of esters is 1. The summed E-state index contributed by atoms with van der Waals surface area (Å²) in [6.45, 7) is 2.12. The Morgan fingerprint density at radius 3 is 2.41 bits per heavy atom. The van der Waals surface area contributed by atoms with E-state index in [0.717, 1.165) is 4.68 Å². The van der Waals surface area contributed by atoms with E-state index in [1.807, 2.05) is 6.07 Å². The van der Waals surface area contributed by atoms with E-state index in [4.69, 9.17) is 9.47 Å². The van der Waals surface area contributed by atoms with Gasteiger partial charge in [0.05, 0.1) is 17.7 Å². The predicted molar refractivity (Wildman–Crippen MR) is 107 cm³/mol. The fraction of sp³-hybridized carbons (Fsp3) is 0.238. The van der Waals surface area contributed by atoms with Crippen LogP contribution in [0.1, 0.15) is 17.4 Å². The summed E-state index contributed by atoms with van der Waals surface area (Å²) in [5.41, 5.74) is 0.122. The SMILES string of the molecule is COCCNC(=O)[C@@H](C)OC(=O)c1nn(-c2ccccc2)c(=O)c2ccccc12. The normalized spacial score (nSPS) is 11.8. The van der Waals surface area contributed by atoms with Gasteiger partial charge in [-0.3, -0.25) is 9.59 Å². The molecule has 8 heteroatoms. The minimum Gasteiger partial charge on any atom is -0.448 e. The van der Waals surface area contributed by atoms with Crippen molar-refractivity contribution in [3.63, 3.8) is 0 Å². The largest absolute Gasteiger partial charge is 0.448 e. The van der Waals surface area contributed by atoms with Crippen LogP contribution in [0.3, 0.4) is 0 Å². The highest BCUT2D eigenvalue weighted by Gasteiger charge is 2.23. The van der Waals surface area contributed by atoms with Crippen molar-refractivity contribution in [1.82, 2.24) is 15.1 Å². The molecule has 1 heterocycles. The standard InChI is InChI=1S/C21H21N3O5/c1-14(19(25)22-12-13-28-2)29-21(27)18-16-10-6-7-11-17(16)20(26)24(23-18)15-8-4-3-5-9-15/h3-11,14H,12-13H2,1-2H3,(H,22,25)/t14-/m1/s1. The number of nitrogens with zero attached hydrogens (tertiary/aromatic N) is 2. The van der Waals surface area contributed by atoms with E-state index in [0.29, 0.717) is 29.6 Å². The molecule has 8 nitrogen and oxygen atoms in total. The second-order valence-corrected chi connectivity index (χ2v) is 6.28. The molecule has 1 aromatic heterocycles. The minimum absolute atomic E-state index is 0.0411. The van der Waals surface area contributed by atoms with Crippen molar-refractivity contribution in [2.45, 2.75) is 13.0 Å². The molecule has 0 unspecified atom stereocenters. The number of aromatic nitrogens is 2. The quantitative estimate of drug-likeness (QED) is 0.483. The first kappa shape index (κ1) is 20.2. The zero-order chi connectivity index (χ0) is 20.8. The van der Waals surface area contributed by atoms with Crippen LogP contribution in [0.15, 0.2) is 59.4 Å². The van der Waals surface area contributed by atoms with E-state index in [-0.39, 0.29) is 11.3 Å². The van der Waals surface area contributed by atoms with Crippen LogP contribution in [-0.4, -0.2) is 48.0 Å². The summed E-state index contributed by atoms with van der Waals surface area (Å²) >= 11 is 0. The van der Waals surface area contributed by atoms with Crippen molar-refractivity contribution in [2.75, 3.05) is 20.3 Å². The topological polar surface area (TPSA) is 99.5 Å². The predicted octanol–water partition coefficient (Wildman–Crippen LogP) is 1.69. The number of para-hydroxylation sites is 1. The van der Waals surface area contributed by atoms with Crippen molar-refractivity contribution >= 4 is 22.6 Å². The van der Waals surface area contributed by atoms with Gasteiger partial charge in [-0.25, -0.2) is 4.79 Å². The number of methoxy groups -OCH3 is 1. The van der Waals surface area contributed by atoms with Gasteiger partial charge >= 0.3 is 5.97 Å². The van der Waals surface area contributed by atoms with Crippen LogP contribution >= 0.6 is 0 Å². The van der Waals surface area contributed by atoms with Gasteiger partial charge in [0, 0.05) is 19.0 Å². The number of fused-ring (bicyclic) bond motifs is 1. The number of nitrogens with one attached hydrogen (secondary N) is 1. The molecule has 1 atom stereocenters. The molecule has 1 amide bonds. The number of hydrogen-bond donors (Lipinski definition) is 1.